The number of hydrogen-bond acceptors (Lipinski definition) is 6. The molecule has 2 N–H and O–H groups in total. The van der Waals surface area contributed by atoms with E-state index in [4.69, 9.17) is 4.74 Å². The lowest BCUT2D eigenvalue weighted by atomic mass is 10.2. The number of rotatable bonds is 3. The maximum atomic E-state index is 12.4. The third kappa shape index (κ3) is 3.47. The molecule has 1 amide bonds. The number of ether oxygens (including phenoxy) is 1. The van der Waals surface area contributed by atoms with Crippen molar-refractivity contribution in [2.24, 2.45) is 0 Å². The first-order chi connectivity index (χ1) is 11.0. The number of aromatic nitrogens is 3. The predicted molar refractivity (Wildman–Crippen MR) is 80.4 cm³/mol. The van der Waals surface area contributed by atoms with Gasteiger partial charge in [0.15, 0.2) is 5.88 Å². The molecule has 1 fully saturated rings. The van der Waals surface area contributed by atoms with E-state index in [-0.39, 0.29) is 23.5 Å². The van der Waals surface area contributed by atoms with Gasteiger partial charge in [0.25, 0.3) is 11.5 Å². The molecule has 3 rings (SSSR count). The fourth-order valence-electron chi connectivity index (χ4n) is 2.46. The molecule has 0 saturated carbocycles. The zero-order valence-electron chi connectivity index (χ0n) is 12.5. The Morgan fingerprint density at radius 1 is 1.39 bits per heavy atom. The monoisotopic (exact) mass is 316 g/mol. The number of carbonyl (C=O) groups excluding carboxylic acids is 1. The Kier molecular flexibility index (Phi) is 3.96. The molecule has 8 heteroatoms. The molecule has 0 bridgehead atoms. The van der Waals surface area contributed by atoms with Crippen molar-refractivity contribution in [1.82, 2.24) is 20.1 Å². The number of likely N-dealkylation sites (tertiary alicyclic amines) is 1. The lowest BCUT2D eigenvalue weighted by Crippen LogP contribution is -2.31. The smallest absolute Gasteiger partial charge is 0.254 e. The molecule has 120 valence electrons. The Labute approximate surface area is 131 Å². The van der Waals surface area contributed by atoms with Crippen LogP contribution in [0.1, 0.15) is 22.5 Å². The number of aryl methyl sites for hydroxylation is 1. The molecule has 1 aliphatic heterocycles. The van der Waals surface area contributed by atoms with Crippen molar-refractivity contribution in [1.29, 1.82) is 0 Å². The van der Waals surface area contributed by atoms with Crippen LogP contribution < -0.4 is 10.3 Å². The third-order valence-corrected chi connectivity index (χ3v) is 3.57. The molecule has 2 aromatic heterocycles. The van der Waals surface area contributed by atoms with Crippen LogP contribution in [0.4, 0.5) is 0 Å². The van der Waals surface area contributed by atoms with Gasteiger partial charge in [0.05, 0.1) is 17.8 Å². The van der Waals surface area contributed by atoms with E-state index < -0.39 is 5.56 Å². The van der Waals surface area contributed by atoms with Gasteiger partial charge in [-0.15, -0.1) is 5.10 Å². The summed E-state index contributed by atoms with van der Waals surface area (Å²) < 4.78 is 5.71. The minimum absolute atomic E-state index is 0.155. The van der Waals surface area contributed by atoms with Crippen molar-refractivity contribution in [3.63, 3.8) is 0 Å². The van der Waals surface area contributed by atoms with Crippen LogP contribution >= 0.6 is 0 Å². The minimum atomic E-state index is -0.518. The van der Waals surface area contributed by atoms with E-state index in [1.807, 2.05) is 6.92 Å². The highest BCUT2D eigenvalue weighted by atomic mass is 16.5. The van der Waals surface area contributed by atoms with Crippen LogP contribution in [0.5, 0.6) is 11.8 Å². The SMILES string of the molecule is Cc1ccc(OC2CCN(C(=O)c3cc(O)[nH]c(=O)c3)C2)nn1. The average Bonchev–Trinajstić information content (AvgIpc) is 2.96. The Morgan fingerprint density at radius 3 is 2.91 bits per heavy atom. The summed E-state index contributed by atoms with van der Waals surface area (Å²) in [6.07, 6.45) is 0.489. The normalized spacial score (nSPS) is 17.3. The van der Waals surface area contributed by atoms with Gasteiger partial charge in [-0.3, -0.25) is 14.6 Å². The number of aromatic amines is 1. The van der Waals surface area contributed by atoms with Gasteiger partial charge in [0.2, 0.25) is 5.88 Å². The maximum Gasteiger partial charge on any atom is 0.254 e. The highest BCUT2D eigenvalue weighted by molar-refractivity contribution is 5.94. The molecule has 0 aromatic carbocycles. The fourth-order valence-corrected chi connectivity index (χ4v) is 2.46. The van der Waals surface area contributed by atoms with Crippen LogP contribution in [-0.4, -0.2) is 50.3 Å². The van der Waals surface area contributed by atoms with Crippen molar-refractivity contribution in [3.05, 3.63) is 45.9 Å². The van der Waals surface area contributed by atoms with E-state index in [0.717, 1.165) is 5.69 Å². The van der Waals surface area contributed by atoms with Gasteiger partial charge in [0, 0.05) is 31.2 Å². The zero-order chi connectivity index (χ0) is 16.4. The van der Waals surface area contributed by atoms with Crippen LogP contribution in [0, 0.1) is 6.92 Å². The highest BCUT2D eigenvalue weighted by Crippen LogP contribution is 2.18. The summed E-state index contributed by atoms with van der Waals surface area (Å²) in [5, 5.41) is 17.2. The summed E-state index contributed by atoms with van der Waals surface area (Å²) in [7, 11) is 0. The lowest BCUT2D eigenvalue weighted by molar-refractivity contribution is 0.0770. The van der Waals surface area contributed by atoms with E-state index in [2.05, 4.69) is 15.2 Å². The molecular formula is C15H16N4O4. The Morgan fingerprint density at radius 2 is 2.22 bits per heavy atom. The Bertz CT molecular complexity index is 772. The van der Waals surface area contributed by atoms with Crippen LogP contribution in [-0.2, 0) is 0 Å². The summed E-state index contributed by atoms with van der Waals surface area (Å²) in [6.45, 7) is 2.74. The minimum Gasteiger partial charge on any atom is -0.494 e. The van der Waals surface area contributed by atoms with Gasteiger partial charge in [-0.1, -0.05) is 0 Å². The summed E-state index contributed by atoms with van der Waals surface area (Å²) in [6, 6.07) is 5.95. The second-order valence-corrected chi connectivity index (χ2v) is 5.41. The molecule has 1 saturated heterocycles. The number of nitrogens with one attached hydrogen (secondary N) is 1. The lowest BCUT2D eigenvalue weighted by Gasteiger charge is -2.16. The first kappa shape index (κ1) is 15.0. The summed E-state index contributed by atoms with van der Waals surface area (Å²) in [5.74, 6) is -0.223. The molecule has 2 aromatic rings. The topological polar surface area (TPSA) is 108 Å². The summed E-state index contributed by atoms with van der Waals surface area (Å²) in [5.41, 5.74) is 0.437. The second kappa shape index (κ2) is 6.07. The van der Waals surface area contributed by atoms with Crippen molar-refractivity contribution in [2.75, 3.05) is 13.1 Å². The van der Waals surface area contributed by atoms with E-state index in [0.29, 0.717) is 25.4 Å². The van der Waals surface area contributed by atoms with Crippen LogP contribution in [0.25, 0.3) is 0 Å². The molecule has 1 atom stereocenters. The summed E-state index contributed by atoms with van der Waals surface area (Å²) in [4.78, 5) is 27.5. The van der Waals surface area contributed by atoms with Gasteiger partial charge in [-0.2, -0.15) is 5.10 Å². The molecular weight excluding hydrogens is 300 g/mol. The van der Waals surface area contributed by atoms with Gasteiger partial charge in [0.1, 0.15) is 6.10 Å². The molecule has 3 heterocycles. The number of amides is 1. The second-order valence-electron chi connectivity index (χ2n) is 5.41. The fraction of sp³-hybridized carbons (Fsp3) is 0.333. The number of H-pyrrole nitrogens is 1. The number of carbonyl (C=O) groups is 1. The van der Waals surface area contributed by atoms with Gasteiger partial charge < -0.3 is 14.7 Å². The van der Waals surface area contributed by atoms with E-state index >= 15 is 0 Å². The highest BCUT2D eigenvalue weighted by Gasteiger charge is 2.29. The molecule has 0 spiro atoms. The molecule has 1 aliphatic rings. The predicted octanol–water partition coefficient (Wildman–Crippen LogP) is 0.472. The Balaban J connectivity index is 1.66. The van der Waals surface area contributed by atoms with E-state index in [1.165, 1.54) is 12.1 Å². The average molecular weight is 316 g/mol. The first-order valence-electron chi connectivity index (χ1n) is 7.21. The van der Waals surface area contributed by atoms with Crippen LogP contribution in [0.3, 0.4) is 0 Å². The van der Waals surface area contributed by atoms with Crippen molar-refractivity contribution in [3.8, 4) is 11.8 Å². The van der Waals surface area contributed by atoms with Crippen LogP contribution in [0.2, 0.25) is 0 Å². The van der Waals surface area contributed by atoms with E-state index in [9.17, 15) is 14.7 Å². The Hall–Kier alpha value is -2.90. The van der Waals surface area contributed by atoms with Gasteiger partial charge in [-0.05, 0) is 13.0 Å². The number of hydrogen-bond donors (Lipinski definition) is 2. The summed E-state index contributed by atoms with van der Waals surface area (Å²) >= 11 is 0. The maximum absolute atomic E-state index is 12.4. The standard InChI is InChI=1S/C15H16N4O4/c1-9-2-3-14(18-17-9)23-11-4-5-19(8-11)15(22)10-6-12(20)16-13(21)7-10/h2-3,6-7,11H,4-5,8H2,1H3,(H2,16,20,21). The van der Waals surface area contributed by atoms with Crippen LogP contribution in [0.15, 0.2) is 29.1 Å². The molecule has 8 nitrogen and oxygen atoms in total. The van der Waals surface area contributed by atoms with Crippen molar-refractivity contribution >= 4 is 5.91 Å². The van der Waals surface area contributed by atoms with Crippen molar-refractivity contribution in [2.45, 2.75) is 19.4 Å². The quantitative estimate of drug-likeness (QED) is 0.852. The first-order valence-corrected chi connectivity index (χ1v) is 7.21. The van der Waals surface area contributed by atoms with E-state index in [1.54, 1.807) is 17.0 Å². The van der Waals surface area contributed by atoms with Gasteiger partial charge in [-0.25, -0.2) is 0 Å². The van der Waals surface area contributed by atoms with Crippen molar-refractivity contribution < 1.29 is 14.6 Å². The molecule has 0 aliphatic carbocycles. The molecule has 1 unspecified atom stereocenters. The number of pyridine rings is 1. The molecule has 23 heavy (non-hydrogen) atoms. The zero-order valence-corrected chi connectivity index (χ0v) is 12.5. The largest absolute Gasteiger partial charge is 0.494 e. The van der Waals surface area contributed by atoms with Gasteiger partial charge >= 0.3 is 0 Å². The molecule has 0 radical (unpaired) electrons. The number of nitrogens with zero attached hydrogens (tertiary/aromatic N) is 3. The third-order valence-electron chi connectivity index (χ3n) is 3.57. The number of aromatic hydroxyl groups is 1.